The number of aromatic nitrogens is 1. The SMILES string of the molecule is COc1ccc(CC(=O)N2C[C@@H]3OCC(NC(=O)c4ccc[nH]4)CO[C@H]3C2)cc1F. The lowest BCUT2D eigenvalue weighted by Crippen LogP contribution is -2.41. The van der Waals surface area contributed by atoms with Gasteiger partial charge in [0.05, 0.1) is 32.8 Å². The van der Waals surface area contributed by atoms with E-state index in [-0.39, 0.29) is 42.2 Å². The monoisotopic (exact) mass is 417 g/mol. The number of nitrogens with one attached hydrogen (secondary N) is 2. The number of hydrogen-bond donors (Lipinski definition) is 2. The Morgan fingerprint density at radius 1 is 1.23 bits per heavy atom. The van der Waals surface area contributed by atoms with Crippen molar-refractivity contribution < 1.29 is 28.2 Å². The van der Waals surface area contributed by atoms with Crippen LogP contribution in [0.2, 0.25) is 0 Å². The second-order valence-electron chi connectivity index (χ2n) is 7.44. The van der Waals surface area contributed by atoms with Crippen LogP contribution in [0, 0.1) is 5.82 Å². The Bertz CT molecular complexity index is 888. The van der Waals surface area contributed by atoms with E-state index in [4.69, 9.17) is 14.2 Å². The third kappa shape index (κ3) is 4.47. The van der Waals surface area contributed by atoms with Crippen LogP contribution in [0.15, 0.2) is 36.5 Å². The molecule has 2 fully saturated rings. The van der Waals surface area contributed by atoms with Gasteiger partial charge in [-0.25, -0.2) is 4.39 Å². The number of halogens is 1. The first kappa shape index (κ1) is 20.4. The van der Waals surface area contributed by atoms with Crippen molar-refractivity contribution in [3.05, 3.63) is 53.6 Å². The van der Waals surface area contributed by atoms with Gasteiger partial charge < -0.3 is 29.4 Å². The van der Waals surface area contributed by atoms with Gasteiger partial charge in [-0.05, 0) is 29.8 Å². The van der Waals surface area contributed by atoms with Crippen LogP contribution < -0.4 is 10.1 Å². The lowest BCUT2D eigenvalue weighted by molar-refractivity contribution is -0.130. The number of rotatable bonds is 5. The maximum absolute atomic E-state index is 13.9. The molecule has 2 N–H and O–H groups in total. The lowest BCUT2D eigenvalue weighted by Gasteiger charge is -2.19. The number of H-pyrrole nitrogens is 1. The average Bonchev–Trinajstić information content (AvgIpc) is 3.37. The van der Waals surface area contributed by atoms with Crippen molar-refractivity contribution in [3.63, 3.8) is 0 Å². The number of amides is 2. The van der Waals surface area contributed by atoms with Gasteiger partial charge in [-0.2, -0.15) is 0 Å². The van der Waals surface area contributed by atoms with Crippen LogP contribution in [-0.4, -0.2) is 73.4 Å². The van der Waals surface area contributed by atoms with Crippen LogP contribution in [0.4, 0.5) is 4.39 Å². The molecule has 2 saturated heterocycles. The van der Waals surface area contributed by atoms with Crippen LogP contribution in [0.1, 0.15) is 16.1 Å². The predicted octanol–water partition coefficient (Wildman–Crippen LogP) is 1.13. The molecule has 2 aromatic rings. The molecular formula is C21H24FN3O5. The van der Waals surface area contributed by atoms with Crippen molar-refractivity contribution in [2.75, 3.05) is 33.4 Å². The number of carbonyl (C=O) groups excluding carboxylic acids is 2. The van der Waals surface area contributed by atoms with Crippen LogP contribution in [0.5, 0.6) is 5.75 Å². The largest absolute Gasteiger partial charge is 0.494 e. The maximum Gasteiger partial charge on any atom is 0.268 e. The van der Waals surface area contributed by atoms with E-state index in [2.05, 4.69) is 10.3 Å². The van der Waals surface area contributed by atoms with E-state index in [0.29, 0.717) is 37.6 Å². The fourth-order valence-electron chi connectivity index (χ4n) is 3.72. The summed E-state index contributed by atoms with van der Waals surface area (Å²) in [4.78, 5) is 29.4. The van der Waals surface area contributed by atoms with Gasteiger partial charge in [0.1, 0.15) is 17.9 Å². The van der Waals surface area contributed by atoms with Crippen molar-refractivity contribution in [1.29, 1.82) is 0 Å². The molecule has 0 spiro atoms. The third-order valence-corrected chi connectivity index (χ3v) is 5.34. The van der Waals surface area contributed by atoms with Gasteiger partial charge in [-0.15, -0.1) is 0 Å². The van der Waals surface area contributed by atoms with Gasteiger partial charge in [0.2, 0.25) is 5.91 Å². The Kier molecular flexibility index (Phi) is 6.01. The van der Waals surface area contributed by atoms with Crippen LogP contribution >= 0.6 is 0 Å². The lowest BCUT2D eigenvalue weighted by atomic mass is 10.1. The number of hydrogen-bond acceptors (Lipinski definition) is 5. The Morgan fingerprint density at radius 3 is 2.57 bits per heavy atom. The number of benzene rings is 1. The normalized spacial score (nSPS) is 21.7. The summed E-state index contributed by atoms with van der Waals surface area (Å²) in [7, 11) is 1.40. The molecule has 9 heteroatoms. The zero-order chi connectivity index (χ0) is 21.1. The van der Waals surface area contributed by atoms with Crippen LogP contribution in [0.3, 0.4) is 0 Å². The van der Waals surface area contributed by atoms with Crippen molar-refractivity contribution in [2.24, 2.45) is 0 Å². The van der Waals surface area contributed by atoms with E-state index in [9.17, 15) is 14.0 Å². The molecule has 2 atom stereocenters. The van der Waals surface area contributed by atoms with Crippen LogP contribution in [0.25, 0.3) is 0 Å². The molecule has 3 heterocycles. The summed E-state index contributed by atoms with van der Waals surface area (Å²) in [5, 5.41) is 2.89. The summed E-state index contributed by atoms with van der Waals surface area (Å²) in [6.07, 6.45) is 1.27. The van der Waals surface area contributed by atoms with Gasteiger partial charge >= 0.3 is 0 Å². The fourth-order valence-corrected chi connectivity index (χ4v) is 3.72. The highest BCUT2D eigenvalue weighted by Crippen LogP contribution is 2.22. The molecule has 4 rings (SSSR count). The zero-order valence-corrected chi connectivity index (χ0v) is 16.6. The van der Waals surface area contributed by atoms with Gasteiger partial charge in [0.25, 0.3) is 5.91 Å². The molecule has 2 amide bonds. The minimum absolute atomic E-state index is 0.0924. The average molecular weight is 417 g/mol. The highest BCUT2D eigenvalue weighted by molar-refractivity contribution is 5.92. The van der Waals surface area contributed by atoms with E-state index in [1.165, 1.54) is 19.2 Å². The number of fused-ring (bicyclic) bond motifs is 1. The molecule has 0 aliphatic carbocycles. The van der Waals surface area contributed by atoms with Gasteiger partial charge in [-0.3, -0.25) is 9.59 Å². The van der Waals surface area contributed by atoms with E-state index in [0.717, 1.165) is 0 Å². The molecule has 30 heavy (non-hydrogen) atoms. The smallest absolute Gasteiger partial charge is 0.268 e. The van der Waals surface area contributed by atoms with Gasteiger partial charge in [0.15, 0.2) is 11.6 Å². The molecule has 0 saturated carbocycles. The highest BCUT2D eigenvalue weighted by atomic mass is 19.1. The number of aromatic amines is 1. The van der Waals surface area contributed by atoms with Crippen molar-refractivity contribution in [3.8, 4) is 5.75 Å². The minimum Gasteiger partial charge on any atom is -0.494 e. The fraction of sp³-hybridized carbons (Fsp3) is 0.429. The Balaban J connectivity index is 1.29. The van der Waals surface area contributed by atoms with Gasteiger partial charge in [0, 0.05) is 19.3 Å². The highest BCUT2D eigenvalue weighted by Gasteiger charge is 2.39. The summed E-state index contributed by atoms with van der Waals surface area (Å²) in [6.45, 7) is 1.41. The molecule has 0 unspecified atom stereocenters. The number of ether oxygens (including phenoxy) is 3. The molecule has 2 aliphatic heterocycles. The Morgan fingerprint density at radius 2 is 1.97 bits per heavy atom. The van der Waals surface area contributed by atoms with E-state index in [1.807, 2.05) is 0 Å². The summed E-state index contributed by atoms with van der Waals surface area (Å²) in [5.41, 5.74) is 1.06. The second kappa shape index (κ2) is 8.85. The second-order valence-corrected chi connectivity index (χ2v) is 7.44. The van der Waals surface area contributed by atoms with Crippen molar-refractivity contribution in [1.82, 2.24) is 15.2 Å². The summed E-state index contributed by atoms with van der Waals surface area (Å²) >= 11 is 0. The summed E-state index contributed by atoms with van der Waals surface area (Å²) in [5.74, 6) is -0.674. The molecular weight excluding hydrogens is 393 g/mol. The van der Waals surface area contributed by atoms with E-state index < -0.39 is 5.82 Å². The molecule has 0 radical (unpaired) electrons. The minimum atomic E-state index is -0.492. The van der Waals surface area contributed by atoms with Crippen LogP contribution in [-0.2, 0) is 20.7 Å². The molecule has 160 valence electrons. The van der Waals surface area contributed by atoms with Crippen molar-refractivity contribution >= 4 is 11.8 Å². The van der Waals surface area contributed by atoms with E-state index >= 15 is 0 Å². The molecule has 8 nitrogen and oxygen atoms in total. The standard InChI is InChI=1S/C21H24FN3O5/c1-28-17-5-4-13(7-15(17)22)8-20(26)25-9-18-19(10-25)30-12-14(11-29-18)24-21(27)16-3-2-6-23-16/h2-7,14,18-19,23H,8-12H2,1H3,(H,24,27)/t18-,19-/m0/s1. The topological polar surface area (TPSA) is 92.9 Å². The Labute approximate surface area is 173 Å². The zero-order valence-electron chi connectivity index (χ0n) is 16.6. The van der Waals surface area contributed by atoms with Gasteiger partial charge in [-0.1, -0.05) is 6.07 Å². The van der Waals surface area contributed by atoms with E-state index in [1.54, 1.807) is 29.3 Å². The number of likely N-dealkylation sites (tertiary alicyclic amines) is 1. The number of methoxy groups -OCH3 is 1. The molecule has 1 aromatic heterocycles. The number of nitrogens with zero attached hydrogens (tertiary/aromatic N) is 1. The quantitative estimate of drug-likeness (QED) is 0.761. The van der Waals surface area contributed by atoms with Crippen molar-refractivity contribution in [2.45, 2.75) is 24.7 Å². The maximum atomic E-state index is 13.9. The summed E-state index contributed by atoms with van der Waals surface area (Å²) in [6, 6.07) is 7.69. The first-order chi connectivity index (χ1) is 14.5. The summed E-state index contributed by atoms with van der Waals surface area (Å²) < 4.78 is 30.6. The number of carbonyl (C=O) groups is 2. The predicted molar refractivity (Wildman–Crippen MR) is 105 cm³/mol. The molecule has 0 bridgehead atoms. The molecule has 1 aromatic carbocycles. The third-order valence-electron chi connectivity index (χ3n) is 5.34. The molecule has 2 aliphatic rings. The first-order valence-corrected chi connectivity index (χ1v) is 9.81. The Hall–Kier alpha value is -2.91. The first-order valence-electron chi connectivity index (χ1n) is 9.81.